The average Bonchev–Trinajstić information content (AvgIpc) is 3.34. The van der Waals surface area contributed by atoms with Gasteiger partial charge in [0.05, 0.1) is 30.3 Å². The second-order valence-corrected chi connectivity index (χ2v) is 7.36. The Hall–Kier alpha value is -2.32. The smallest absolute Gasteiger partial charge is 0.267 e. The SMILES string of the molecule is O=c1cc2c(nn1C1COCC1Nc1ncnc3sccc13)CCC2. The fraction of sp³-hybridized carbons (Fsp3) is 0.412. The second-order valence-electron chi connectivity index (χ2n) is 6.47. The summed E-state index contributed by atoms with van der Waals surface area (Å²) < 4.78 is 7.26. The first-order valence-electron chi connectivity index (χ1n) is 8.44. The first kappa shape index (κ1) is 15.0. The highest BCUT2D eigenvalue weighted by Gasteiger charge is 2.33. The molecule has 128 valence electrons. The van der Waals surface area contributed by atoms with Crippen LogP contribution in [-0.2, 0) is 17.6 Å². The highest BCUT2D eigenvalue weighted by Crippen LogP contribution is 2.28. The van der Waals surface area contributed by atoms with E-state index in [0.717, 1.165) is 46.6 Å². The van der Waals surface area contributed by atoms with Crippen LogP contribution in [0.2, 0.25) is 0 Å². The van der Waals surface area contributed by atoms with Crippen LogP contribution in [0.25, 0.3) is 10.2 Å². The number of nitrogens with one attached hydrogen (secondary N) is 1. The van der Waals surface area contributed by atoms with Crippen molar-refractivity contribution >= 4 is 27.4 Å². The third kappa shape index (κ3) is 2.52. The minimum Gasteiger partial charge on any atom is -0.377 e. The van der Waals surface area contributed by atoms with Crippen LogP contribution in [0.5, 0.6) is 0 Å². The fourth-order valence-electron chi connectivity index (χ4n) is 3.66. The Balaban J connectivity index is 1.48. The van der Waals surface area contributed by atoms with E-state index in [1.165, 1.54) is 0 Å². The predicted octanol–water partition coefficient (Wildman–Crippen LogP) is 1.79. The number of fused-ring (bicyclic) bond motifs is 2. The summed E-state index contributed by atoms with van der Waals surface area (Å²) in [5.74, 6) is 0.779. The Morgan fingerprint density at radius 1 is 1.28 bits per heavy atom. The van der Waals surface area contributed by atoms with Gasteiger partial charge in [0.25, 0.3) is 5.56 Å². The zero-order chi connectivity index (χ0) is 16.8. The summed E-state index contributed by atoms with van der Waals surface area (Å²) in [6.45, 7) is 0.993. The van der Waals surface area contributed by atoms with Crippen LogP contribution in [-0.4, -0.2) is 39.0 Å². The van der Waals surface area contributed by atoms with E-state index in [4.69, 9.17) is 4.74 Å². The standard InChI is InChI=1S/C17H17N5O2S/c23-15-6-10-2-1-3-12(10)21-22(15)14-8-24-7-13(14)20-16-11-4-5-25-17(11)19-9-18-16/h4-6,9,13-14H,1-3,7-8H2,(H,18,19,20). The molecule has 5 rings (SSSR count). The van der Waals surface area contributed by atoms with Gasteiger partial charge in [0.2, 0.25) is 0 Å². The molecular formula is C17H17N5O2S. The molecule has 0 spiro atoms. The van der Waals surface area contributed by atoms with E-state index in [-0.39, 0.29) is 17.6 Å². The van der Waals surface area contributed by atoms with Gasteiger partial charge in [0, 0.05) is 6.07 Å². The van der Waals surface area contributed by atoms with E-state index in [1.807, 2.05) is 11.4 Å². The maximum absolute atomic E-state index is 12.5. The molecule has 3 aromatic heterocycles. The van der Waals surface area contributed by atoms with Crippen LogP contribution in [0.15, 0.2) is 28.6 Å². The third-order valence-corrected chi connectivity index (χ3v) is 5.75. The number of hydrogen-bond acceptors (Lipinski definition) is 7. The molecule has 0 bridgehead atoms. The van der Waals surface area contributed by atoms with Crippen LogP contribution >= 0.6 is 11.3 Å². The number of nitrogens with zero attached hydrogens (tertiary/aromatic N) is 4. The van der Waals surface area contributed by atoms with Crippen molar-refractivity contribution < 1.29 is 4.74 Å². The molecule has 1 fully saturated rings. The third-order valence-electron chi connectivity index (χ3n) is 4.93. The van der Waals surface area contributed by atoms with Crippen molar-refractivity contribution in [3.8, 4) is 0 Å². The van der Waals surface area contributed by atoms with Crippen LogP contribution in [0.1, 0.15) is 23.7 Å². The molecule has 0 aromatic carbocycles. The van der Waals surface area contributed by atoms with Gasteiger partial charge in [-0.3, -0.25) is 4.79 Å². The lowest BCUT2D eigenvalue weighted by Gasteiger charge is -2.21. The van der Waals surface area contributed by atoms with Crippen LogP contribution in [0, 0.1) is 0 Å². The Morgan fingerprint density at radius 3 is 3.20 bits per heavy atom. The molecule has 1 aliphatic carbocycles. The van der Waals surface area contributed by atoms with Gasteiger partial charge in [-0.25, -0.2) is 14.6 Å². The predicted molar refractivity (Wildman–Crippen MR) is 95.2 cm³/mol. The van der Waals surface area contributed by atoms with Gasteiger partial charge in [0.15, 0.2) is 0 Å². The zero-order valence-corrected chi connectivity index (χ0v) is 14.3. The topological polar surface area (TPSA) is 81.9 Å². The van der Waals surface area contributed by atoms with Crippen molar-refractivity contribution in [2.45, 2.75) is 31.3 Å². The van der Waals surface area contributed by atoms with Crippen molar-refractivity contribution in [2.24, 2.45) is 0 Å². The molecule has 3 aromatic rings. The summed E-state index contributed by atoms with van der Waals surface area (Å²) >= 11 is 1.58. The number of hydrogen-bond donors (Lipinski definition) is 1. The first-order chi connectivity index (χ1) is 12.3. The van der Waals surface area contributed by atoms with Crippen LogP contribution in [0.3, 0.4) is 0 Å². The van der Waals surface area contributed by atoms with Gasteiger partial charge >= 0.3 is 0 Å². The molecule has 8 heteroatoms. The molecule has 4 heterocycles. The minimum atomic E-state index is -0.137. The van der Waals surface area contributed by atoms with E-state index in [0.29, 0.717) is 13.2 Å². The number of thiophene rings is 1. The number of anilines is 1. The molecule has 1 N–H and O–H groups in total. The van der Waals surface area contributed by atoms with Crippen molar-refractivity contribution in [3.05, 3.63) is 45.5 Å². The normalized spacial score (nSPS) is 22.4. The molecule has 0 saturated carbocycles. The van der Waals surface area contributed by atoms with Crippen LogP contribution in [0.4, 0.5) is 5.82 Å². The van der Waals surface area contributed by atoms with Gasteiger partial charge in [-0.05, 0) is 36.3 Å². The Morgan fingerprint density at radius 2 is 2.24 bits per heavy atom. The molecule has 25 heavy (non-hydrogen) atoms. The molecule has 0 radical (unpaired) electrons. The number of ether oxygens (including phenoxy) is 1. The van der Waals surface area contributed by atoms with Gasteiger partial charge in [-0.15, -0.1) is 11.3 Å². The number of aromatic nitrogens is 4. The zero-order valence-electron chi connectivity index (χ0n) is 13.5. The lowest BCUT2D eigenvalue weighted by molar-refractivity contribution is 0.182. The molecule has 2 aliphatic rings. The first-order valence-corrected chi connectivity index (χ1v) is 9.31. The number of rotatable bonds is 3. The molecular weight excluding hydrogens is 338 g/mol. The summed E-state index contributed by atoms with van der Waals surface area (Å²) in [6, 6.07) is 3.56. The average molecular weight is 355 g/mol. The fourth-order valence-corrected chi connectivity index (χ4v) is 4.39. The van der Waals surface area contributed by atoms with Crippen LogP contribution < -0.4 is 10.9 Å². The lowest BCUT2D eigenvalue weighted by Crippen LogP contribution is -2.38. The molecule has 2 unspecified atom stereocenters. The summed E-state index contributed by atoms with van der Waals surface area (Å²) in [5, 5.41) is 11.1. The Bertz CT molecular complexity index is 998. The van der Waals surface area contributed by atoms with E-state index in [2.05, 4.69) is 20.4 Å². The molecule has 1 aliphatic heterocycles. The molecule has 0 amide bonds. The van der Waals surface area contributed by atoms with Crippen molar-refractivity contribution in [3.63, 3.8) is 0 Å². The van der Waals surface area contributed by atoms with Crippen molar-refractivity contribution in [2.75, 3.05) is 18.5 Å². The van der Waals surface area contributed by atoms with E-state index >= 15 is 0 Å². The maximum Gasteiger partial charge on any atom is 0.267 e. The van der Waals surface area contributed by atoms with Gasteiger partial charge in [-0.2, -0.15) is 5.10 Å². The monoisotopic (exact) mass is 355 g/mol. The summed E-state index contributed by atoms with van der Waals surface area (Å²) in [7, 11) is 0. The molecule has 7 nitrogen and oxygen atoms in total. The summed E-state index contributed by atoms with van der Waals surface area (Å²) in [6.07, 6.45) is 4.54. The van der Waals surface area contributed by atoms with Crippen molar-refractivity contribution in [1.29, 1.82) is 0 Å². The van der Waals surface area contributed by atoms with Gasteiger partial charge < -0.3 is 10.1 Å². The maximum atomic E-state index is 12.5. The Kier molecular flexibility index (Phi) is 3.53. The highest BCUT2D eigenvalue weighted by molar-refractivity contribution is 7.16. The lowest BCUT2D eigenvalue weighted by atomic mass is 10.1. The second kappa shape index (κ2) is 5.89. The highest BCUT2D eigenvalue weighted by atomic mass is 32.1. The quantitative estimate of drug-likeness (QED) is 0.771. The van der Waals surface area contributed by atoms with Gasteiger partial charge in [0.1, 0.15) is 23.0 Å². The molecule has 1 saturated heterocycles. The van der Waals surface area contributed by atoms with E-state index in [1.54, 1.807) is 28.4 Å². The van der Waals surface area contributed by atoms with Crippen molar-refractivity contribution in [1.82, 2.24) is 19.7 Å². The summed E-state index contributed by atoms with van der Waals surface area (Å²) in [4.78, 5) is 22.1. The minimum absolute atomic E-state index is 0.0497. The number of aryl methyl sites for hydroxylation is 2. The largest absolute Gasteiger partial charge is 0.377 e. The van der Waals surface area contributed by atoms with Gasteiger partial charge in [-0.1, -0.05) is 0 Å². The van der Waals surface area contributed by atoms with E-state index < -0.39 is 0 Å². The molecule has 2 atom stereocenters. The van der Waals surface area contributed by atoms with E-state index in [9.17, 15) is 4.79 Å². The Labute approximate surface area is 147 Å². The summed E-state index contributed by atoms with van der Waals surface area (Å²) in [5.41, 5.74) is 2.10.